The highest BCUT2D eigenvalue weighted by Crippen LogP contribution is 2.23. The van der Waals surface area contributed by atoms with Gasteiger partial charge in [-0.15, -0.1) is 0 Å². The van der Waals surface area contributed by atoms with E-state index in [0.717, 1.165) is 36.9 Å². The van der Waals surface area contributed by atoms with Gasteiger partial charge in [0, 0.05) is 24.0 Å². The van der Waals surface area contributed by atoms with Gasteiger partial charge < -0.3 is 5.32 Å². The zero-order chi connectivity index (χ0) is 16.5. The van der Waals surface area contributed by atoms with E-state index in [1.807, 2.05) is 36.4 Å². The van der Waals surface area contributed by atoms with Crippen molar-refractivity contribution < 1.29 is 4.79 Å². The molecule has 0 saturated carbocycles. The Hall–Kier alpha value is -1.87. The molecule has 1 heterocycles. The van der Waals surface area contributed by atoms with Crippen LogP contribution in [0.25, 0.3) is 0 Å². The van der Waals surface area contributed by atoms with Crippen molar-refractivity contribution in [3.8, 4) is 0 Å². The van der Waals surface area contributed by atoms with Crippen LogP contribution in [0.3, 0.4) is 0 Å². The molecule has 1 amide bonds. The van der Waals surface area contributed by atoms with Crippen LogP contribution in [0.4, 0.5) is 0 Å². The number of nitrogens with one attached hydrogen (secondary N) is 1. The Morgan fingerprint density at radius 1 is 1.13 bits per heavy atom. The molecule has 4 heteroatoms. The second-order valence-electron chi connectivity index (χ2n) is 5.66. The van der Waals surface area contributed by atoms with E-state index in [0.29, 0.717) is 11.4 Å². The molecule has 0 saturated heterocycles. The number of nitrogens with zero attached hydrogens (tertiary/aromatic N) is 1. The predicted molar refractivity (Wildman–Crippen MR) is 94.7 cm³/mol. The highest BCUT2D eigenvalue weighted by atomic mass is 35.5. The van der Waals surface area contributed by atoms with Gasteiger partial charge in [-0.1, -0.05) is 43.5 Å². The van der Waals surface area contributed by atoms with Crippen molar-refractivity contribution in [2.24, 2.45) is 0 Å². The summed E-state index contributed by atoms with van der Waals surface area (Å²) in [6.45, 7) is 2.88. The number of halogens is 1. The predicted octanol–water partition coefficient (Wildman–Crippen LogP) is 4.37. The fourth-order valence-electron chi connectivity index (χ4n) is 2.52. The number of unbranched alkanes of at least 4 members (excludes halogenated alkanes) is 2. The largest absolute Gasteiger partial charge is 0.356 e. The first kappa shape index (κ1) is 17.5. The number of carbonyl (C=O) groups excluding carboxylic acids is 1. The number of aromatic nitrogens is 1. The molecule has 0 spiro atoms. The second-order valence-corrected chi connectivity index (χ2v) is 6.10. The normalized spacial score (nSPS) is 11.9. The molecule has 0 aliphatic rings. The summed E-state index contributed by atoms with van der Waals surface area (Å²) in [5.74, 6) is -0.142. The Kier molecular flexibility index (Phi) is 7.08. The number of rotatable bonds is 8. The molecule has 1 aromatic carbocycles. The van der Waals surface area contributed by atoms with Crippen LogP contribution in [0, 0.1) is 0 Å². The minimum absolute atomic E-state index is 0.0697. The minimum atomic E-state index is -0.212. The second kappa shape index (κ2) is 9.31. The minimum Gasteiger partial charge on any atom is -0.356 e. The molecule has 0 radical (unpaired) electrons. The van der Waals surface area contributed by atoms with Crippen LogP contribution < -0.4 is 5.32 Å². The van der Waals surface area contributed by atoms with Crippen molar-refractivity contribution in [3.63, 3.8) is 0 Å². The van der Waals surface area contributed by atoms with E-state index >= 15 is 0 Å². The fraction of sp³-hybridized carbons (Fsp3) is 0.368. The van der Waals surface area contributed by atoms with E-state index in [4.69, 9.17) is 11.6 Å². The van der Waals surface area contributed by atoms with Crippen molar-refractivity contribution in [3.05, 3.63) is 64.9 Å². The van der Waals surface area contributed by atoms with Gasteiger partial charge in [-0.25, -0.2) is 0 Å². The Labute approximate surface area is 143 Å². The lowest BCUT2D eigenvalue weighted by Gasteiger charge is -2.17. The molecule has 0 aliphatic heterocycles. The van der Waals surface area contributed by atoms with Gasteiger partial charge in [0.05, 0.1) is 5.92 Å². The maximum Gasteiger partial charge on any atom is 0.227 e. The number of benzene rings is 1. The number of hydrogen-bond donors (Lipinski definition) is 1. The van der Waals surface area contributed by atoms with Gasteiger partial charge in [-0.3, -0.25) is 9.78 Å². The maximum absolute atomic E-state index is 12.6. The molecule has 1 N–H and O–H groups in total. The molecule has 3 nitrogen and oxygen atoms in total. The average Bonchev–Trinajstić information content (AvgIpc) is 2.58. The molecule has 1 atom stereocenters. The molecule has 2 rings (SSSR count). The Bertz CT molecular complexity index is 599. The van der Waals surface area contributed by atoms with Crippen molar-refractivity contribution >= 4 is 17.5 Å². The van der Waals surface area contributed by atoms with Gasteiger partial charge in [0.15, 0.2) is 0 Å². The topological polar surface area (TPSA) is 42.0 Å². The Morgan fingerprint density at radius 3 is 2.48 bits per heavy atom. The number of hydrogen-bond acceptors (Lipinski definition) is 2. The highest BCUT2D eigenvalue weighted by molar-refractivity contribution is 6.30. The SMILES string of the molecule is CCCCCNC(=O)C(Cc1ccncc1)c1ccc(Cl)cc1. The molecule has 0 aliphatic carbocycles. The lowest BCUT2D eigenvalue weighted by molar-refractivity contribution is -0.122. The fourth-order valence-corrected chi connectivity index (χ4v) is 2.65. The molecule has 0 bridgehead atoms. The van der Waals surface area contributed by atoms with E-state index in [1.54, 1.807) is 12.4 Å². The van der Waals surface area contributed by atoms with Crippen molar-refractivity contribution in [2.45, 2.75) is 38.5 Å². The third kappa shape index (κ3) is 5.68. The molecule has 122 valence electrons. The molecule has 23 heavy (non-hydrogen) atoms. The number of carbonyl (C=O) groups is 1. The van der Waals surface area contributed by atoms with E-state index in [1.165, 1.54) is 0 Å². The zero-order valence-corrected chi connectivity index (χ0v) is 14.2. The van der Waals surface area contributed by atoms with Gasteiger partial charge in [0.2, 0.25) is 5.91 Å². The molecular weight excluding hydrogens is 308 g/mol. The summed E-state index contributed by atoms with van der Waals surface area (Å²) in [7, 11) is 0. The quantitative estimate of drug-likeness (QED) is 0.730. The highest BCUT2D eigenvalue weighted by Gasteiger charge is 2.20. The van der Waals surface area contributed by atoms with Gasteiger partial charge in [-0.05, 0) is 48.2 Å². The smallest absolute Gasteiger partial charge is 0.227 e. The molecule has 1 unspecified atom stereocenters. The van der Waals surface area contributed by atoms with Crippen molar-refractivity contribution in [1.29, 1.82) is 0 Å². The summed E-state index contributed by atoms with van der Waals surface area (Å²) in [6.07, 6.45) is 7.47. The van der Waals surface area contributed by atoms with Crippen LogP contribution in [-0.2, 0) is 11.2 Å². The van der Waals surface area contributed by atoms with E-state index in [9.17, 15) is 4.79 Å². The maximum atomic E-state index is 12.6. The third-order valence-corrected chi connectivity index (χ3v) is 4.11. The third-order valence-electron chi connectivity index (χ3n) is 3.86. The number of pyridine rings is 1. The average molecular weight is 331 g/mol. The summed E-state index contributed by atoms with van der Waals surface area (Å²) >= 11 is 5.97. The molecule has 2 aromatic rings. The monoisotopic (exact) mass is 330 g/mol. The van der Waals surface area contributed by atoms with Gasteiger partial charge >= 0.3 is 0 Å². The van der Waals surface area contributed by atoms with Gasteiger partial charge in [0.1, 0.15) is 0 Å². The van der Waals surface area contributed by atoms with Crippen LogP contribution in [0.2, 0.25) is 5.02 Å². The van der Waals surface area contributed by atoms with E-state index < -0.39 is 0 Å². The van der Waals surface area contributed by atoms with E-state index in [2.05, 4.69) is 17.2 Å². The van der Waals surface area contributed by atoms with Gasteiger partial charge in [0.25, 0.3) is 0 Å². The van der Waals surface area contributed by atoms with Crippen LogP contribution in [0.5, 0.6) is 0 Å². The molecule has 0 fully saturated rings. The standard InChI is InChI=1S/C19H23ClN2O/c1-2-3-4-11-22-19(23)18(14-15-9-12-21-13-10-15)16-5-7-17(20)8-6-16/h5-10,12-13,18H,2-4,11,14H2,1H3,(H,22,23). The zero-order valence-electron chi connectivity index (χ0n) is 13.5. The van der Waals surface area contributed by atoms with Crippen LogP contribution in [0.15, 0.2) is 48.8 Å². The van der Waals surface area contributed by atoms with E-state index in [-0.39, 0.29) is 11.8 Å². The van der Waals surface area contributed by atoms with Crippen molar-refractivity contribution in [2.75, 3.05) is 6.54 Å². The Balaban J connectivity index is 2.10. The molecule has 1 aromatic heterocycles. The van der Waals surface area contributed by atoms with Crippen LogP contribution in [0.1, 0.15) is 43.2 Å². The first-order valence-electron chi connectivity index (χ1n) is 8.12. The Morgan fingerprint density at radius 2 is 1.83 bits per heavy atom. The van der Waals surface area contributed by atoms with Crippen molar-refractivity contribution in [1.82, 2.24) is 10.3 Å². The van der Waals surface area contributed by atoms with Crippen LogP contribution in [-0.4, -0.2) is 17.4 Å². The number of amides is 1. The summed E-state index contributed by atoms with van der Waals surface area (Å²) in [5, 5.41) is 3.74. The lowest BCUT2D eigenvalue weighted by Crippen LogP contribution is -2.31. The first-order valence-corrected chi connectivity index (χ1v) is 8.50. The van der Waals surface area contributed by atoms with Gasteiger partial charge in [-0.2, -0.15) is 0 Å². The molecular formula is C19H23ClN2O. The summed E-state index contributed by atoms with van der Waals surface area (Å²) in [6, 6.07) is 11.4. The van der Waals surface area contributed by atoms with Crippen LogP contribution >= 0.6 is 11.6 Å². The summed E-state index contributed by atoms with van der Waals surface area (Å²) in [5.41, 5.74) is 2.09. The summed E-state index contributed by atoms with van der Waals surface area (Å²) in [4.78, 5) is 16.7. The summed E-state index contributed by atoms with van der Waals surface area (Å²) < 4.78 is 0. The first-order chi connectivity index (χ1) is 11.2. The lowest BCUT2D eigenvalue weighted by atomic mass is 9.91.